The molecule has 20 heavy (non-hydrogen) atoms. The highest BCUT2D eigenvalue weighted by Gasteiger charge is 2.20. The zero-order chi connectivity index (χ0) is 13.8. The Balaban J connectivity index is 1.53. The Bertz CT molecular complexity index is 442. The molecule has 1 N–H and O–H groups in total. The van der Waals surface area contributed by atoms with Crippen LogP contribution in [0.25, 0.3) is 0 Å². The minimum atomic E-state index is -0.220. The lowest BCUT2D eigenvalue weighted by molar-refractivity contribution is 0.0497. The number of rotatable bonds is 6. The molecule has 1 saturated carbocycles. The topological polar surface area (TPSA) is 30.5 Å². The number of hydrogen-bond donors (Lipinski definition) is 1. The molecule has 0 bridgehead atoms. The number of hydrogen-bond acceptors (Lipinski definition) is 3. The van der Waals surface area contributed by atoms with E-state index in [0.717, 1.165) is 38.2 Å². The molecule has 1 heterocycles. The highest BCUT2D eigenvalue weighted by molar-refractivity contribution is 5.29. The minimum absolute atomic E-state index is 0.220. The van der Waals surface area contributed by atoms with Gasteiger partial charge in [-0.25, -0.2) is 4.39 Å². The first-order valence-electron chi connectivity index (χ1n) is 7.53. The second-order valence-corrected chi connectivity index (χ2v) is 5.82. The van der Waals surface area contributed by atoms with Crippen LogP contribution in [0.2, 0.25) is 0 Å². The summed E-state index contributed by atoms with van der Waals surface area (Å²) in [5.74, 6) is 0.950. The van der Waals surface area contributed by atoms with Crippen molar-refractivity contribution in [2.24, 2.45) is 5.92 Å². The average molecular weight is 279 g/mol. The van der Waals surface area contributed by atoms with Crippen molar-refractivity contribution in [3.05, 3.63) is 29.6 Å². The molecule has 0 spiro atoms. The van der Waals surface area contributed by atoms with Crippen LogP contribution in [0.4, 0.5) is 4.39 Å². The van der Waals surface area contributed by atoms with E-state index < -0.39 is 0 Å². The highest BCUT2D eigenvalue weighted by Crippen LogP contribution is 2.22. The summed E-state index contributed by atoms with van der Waals surface area (Å²) >= 11 is 0. The molecule has 2 aliphatic rings. The zero-order valence-corrected chi connectivity index (χ0v) is 11.7. The molecular weight excluding hydrogens is 257 g/mol. The quantitative estimate of drug-likeness (QED) is 0.868. The highest BCUT2D eigenvalue weighted by atomic mass is 19.1. The second kappa shape index (κ2) is 6.55. The largest absolute Gasteiger partial charge is 0.493 e. The molecule has 3 rings (SSSR count). The van der Waals surface area contributed by atoms with E-state index in [1.807, 2.05) is 6.07 Å². The molecular formula is C16H22FNO2. The van der Waals surface area contributed by atoms with Crippen LogP contribution >= 0.6 is 0 Å². The van der Waals surface area contributed by atoms with Crippen molar-refractivity contribution in [3.8, 4) is 5.75 Å². The Morgan fingerprint density at radius 2 is 1.95 bits per heavy atom. The lowest BCUT2D eigenvalue weighted by atomic mass is 10.0. The maximum Gasteiger partial charge on any atom is 0.127 e. The van der Waals surface area contributed by atoms with E-state index in [4.69, 9.17) is 9.47 Å². The maximum absolute atomic E-state index is 13.6. The summed E-state index contributed by atoms with van der Waals surface area (Å²) in [4.78, 5) is 0. The molecule has 0 unspecified atom stereocenters. The van der Waals surface area contributed by atoms with Crippen molar-refractivity contribution in [1.82, 2.24) is 5.32 Å². The number of ether oxygens (including phenoxy) is 2. The van der Waals surface area contributed by atoms with Crippen molar-refractivity contribution >= 4 is 0 Å². The van der Waals surface area contributed by atoms with Gasteiger partial charge < -0.3 is 14.8 Å². The van der Waals surface area contributed by atoms with E-state index >= 15 is 0 Å². The van der Waals surface area contributed by atoms with Crippen LogP contribution in [-0.4, -0.2) is 25.9 Å². The Morgan fingerprint density at radius 3 is 2.70 bits per heavy atom. The van der Waals surface area contributed by atoms with Gasteiger partial charge in [0.25, 0.3) is 0 Å². The van der Waals surface area contributed by atoms with E-state index in [1.54, 1.807) is 6.07 Å². The summed E-state index contributed by atoms with van der Waals surface area (Å²) in [6, 6.07) is 5.62. The molecule has 0 atom stereocenters. The predicted molar refractivity (Wildman–Crippen MR) is 75.3 cm³/mol. The number of benzene rings is 1. The van der Waals surface area contributed by atoms with Gasteiger partial charge in [0.15, 0.2) is 0 Å². The first kappa shape index (κ1) is 13.8. The van der Waals surface area contributed by atoms with Gasteiger partial charge >= 0.3 is 0 Å². The average Bonchev–Trinajstić information content (AvgIpc) is 3.28. The summed E-state index contributed by atoms with van der Waals surface area (Å²) in [7, 11) is 0. The Labute approximate surface area is 119 Å². The Hall–Kier alpha value is -1.13. The standard InChI is InChI=1S/C16H22FNO2/c17-14-7-13(10-18-15-1-2-15)8-16(9-14)20-11-12-3-5-19-6-4-12/h7-9,12,15,18H,1-6,10-11H2. The predicted octanol–water partition coefficient (Wildman–Crippen LogP) is 2.88. The van der Waals surface area contributed by atoms with Crippen molar-refractivity contribution < 1.29 is 13.9 Å². The van der Waals surface area contributed by atoms with E-state index in [2.05, 4.69) is 5.32 Å². The lowest BCUT2D eigenvalue weighted by Gasteiger charge is -2.22. The van der Waals surface area contributed by atoms with Gasteiger partial charge in [0.1, 0.15) is 11.6 Å². The van der Waals surface area contributed by atoms with Crippen LogP contribution in [0.1, 0.15) is 31.2 Å². The first-order valence-corrected chi connectivity index (χ1v) is 7.53. The normalized spacial score (nSPS) is 20.1. The van der Waals surface area contributed by atoms with Crippen molar-refractivity contribution in [1.29, 1.82) is 0 Å². The van der Waals surface area contributed by atoms with Gasteiger partial charge in [-0.15, -0.1) is 0 Å². The van der Waals surface area contributed by atoms with E-state index in [9.17, 15) is 4.39 Å². The Morgan fingerprint density at radius 1 is 1.15 bits per heavy atom. The van der Waals surface area contributed by atoms with Crippen molar-refractivity contribution in [2.75, 3.05) is 19.8 Å². The third-order valence-corrected chi connectivity index (χ3v) is 3.93. The van der Waals surface area contributed by atoms with Gasteiger partial charge in [-0.1, -0.05) is 0 Å². The molecule has 1 saturated heterocycles. The Kier molecular flexibility index (Phi) is 4.53. The molecule has 2 fully saturated rings. The van der Waals surface area contributed by atoms with Crippen LogP contribution in [0.5, 0.6) is 5.75 Å². The van der Waals surface area contributed by atoms with E-state index in [0.29, 0.717) is 24.3 Å². The van der Waals surface area contributed by atoms with Crippen LogP contribution in [0.15, 0.2) is 18.2 Å². The van der Waals surface area contributed by atoms with Crippen molar-refractivity contribution in [3.63, 3.8) is 0 Å². The fourth-order valence-electron chi connectivity index (χ4n) is 2.48. The molecule has 0 radical (unpaired) electrons. The van der Waals surface area contributed by atoms with E-state index in [-0.39, 0.29) is 5.82 Å². The number of halogens is 1. The molecule has 0 amide bonds. The maximum atomic E-state index is 13.6. The third kappa shape index (κ3) is 4.18. The summed E-state index contributed by atoms with van der Waals surface area (Å²) in [6.45, 7) is 3.00. The number of nitrogens with one attached hydrogen (secondary N) is 1. The molecule has 0 aromatic heterocycles. The fraction of sp³-hybridized carbons (Fsp3) is 0.625. The minimum Gasteiger partial charge on any atom is -0.493 e. The third-order valence-electron chi connectivity index (χ3n) is 3.93. The lowest BCUT2D eigenvalue weighted by Crippen LogP contribution is -2.21. The SMILES string of the molecule is Fc1cc(CNC2CC2)cc(OCC2CCOCC2)c1. The molecule has 4 heteroatoms. The van der Waals surface area contributed by atoms with Gasteiger partial charge in [0.2, 0.25) is 0 Å². The van der Waals surface area contributed by atoms with Gasteiger partial charge in [0.05, 0.1) is 6.61 Å². The zero-order valence-electron chi connectivity index (χ0n) is 11.7. The van der Waals surface area contributed by atoms with Crippen LogP contribution in [0.3, 0.4) is 0 Å². The first-order chi connectivity index (χ1) is 9.79. The smallest absolute Gasteiger partial charge is 0.127 e. The van der Waals surface area contributed by atoms with Gasteiger partial charge in [0, 0.05) is 31.9 Å². The summed E-state index contributed by atoms with van der Waals surface area (Å²) in [6.07, 6.45) is 4.54. The van der Waals surface area contributed by atoms with E-state index in [1.165, 1.54) is 18.9 Å². The molecule has 110 valence electrons. The van der Waals surface area contributed by atoms with Crippen LogP contribution in [-0.2, 0) is 11.3 Å². The second-order valence-electron chi connectivity index (χ2n) is 5.82. The van der Waals surface area contributed by atoms with Gasteiger partial charge in [-0.2, -0.15) is 0 Å². The van der Waals surface area contributed by atoms with Crippen LogP contribution < -0.4 is 10.1 Å². The fourth-order valence-corrected chi connectivity index (χ4v) is 2.48. The van der Waals surface area contributed by atoms with Crippen LogP contribution in [0, 0.1) is 11.7 Å². The molecule has 1 aliphatic carbocycles. The van der Waals surface area contributed by atoms with Gasteiger partial charge in [-0.3, -0.25) is 0 Å². The van der Waals surface area contributed by atoms with Crippen molar-refractivity contribution in [2.45, 2.75) is 38.3 Å². The summed E-state index contributed by atoms with van der Waals surface area (Å²) in [5, 5.41) is 3.39. The monoisotopic (exact) mass is 279 g/mol. The van der Waals surface area contributed by atoms with Gasteiger partial charge in [-0.05, 0) is 49.3 Å². The molecule has 1 aromatic rings. The molecule has 3 nitrogen and oxygen atoms in total. The summed E-state index contributed by atoms with van der Waals surface area (Å²) in [5.41, 5.74) is 0.957. The summed E-state index contributed by atoms with van der Waals surface area (Å²) < 4.78 is 24.7. The molecule has 1 aromatic carbocycles. The molecule has 1 aliphatic heterocycles.